The van der Waals surface area contributed by atoms with Crippen LogP contribution in [0.5, 0.6) is 5.88 Å². The molecule has 7 nitrogen and oxygen atoms in total. The molecule has 0 atom stereocenters. The molecule has 8 heteroatoms. The van der Waals surface area contributed by atoms with Crippen LogP contribution in [-0.4, -0.2) is 47.0 Å². The Bertz CT molecular complexity index is 986. The number of hydrogen-bond donors (Lipinski definition) is 0. The highest BCUT2D eigenvalue weighted by Gasteiger charge is 2.29. The highest BCUT2D eigenvalue weighted by Crippen LogP contribution is 2.24. The largest absolute Gasteiger partial charge is 0.481 e. The fourth-order valence-electron chi connectivity index (χ4n) is 3.85. The summed E-state index contributed by atoms with van der Waals surface area (Å²) in [7, 11) is 1.58. The quantitative estimate of drug-likeness (QED) is 0.579. The average molecular weight is 424 g/mol. The first-order chi connectivity index (χ1) is 15.1. The summed E-state index contributed by atoms with van der Waals surface area (Å²) in [6.45, 7) is 1.87. The van der Waals surface area contributed by atoms with E-state index in [2.05, 4.69) is 14.9 Å². The van der Waals surface area contributed by atoms with Gasteiger partial charge < -0.3 is 19.0 Å². The van der Waals surface area contributed by atoms with Gasteiger partial charge in [-0.2, -0.15) is 4.98 Å². The second-order valence-electron chi connectivity index (χ2n) is 7.52. The SMILES string of the molecule is COc1ccnc(N2CCC(N(Cc3ccco3)C(=O)Cc3ccc(F)cc3)CC2)n1. The molecule has 0 aliphatic carbocycles. The Balaban J connectivity index is 1.45. The first kappa shape index (κ1) is 20.8. The van der Waals surface area contributed by atoms with E-state index in [0.717, 1.165) is 37.3 Å². The third kappa shape index (κ3) is 5.20. The maximum absolute atomic E-state index is 13.2. The summed E-state index contributed by atoms with van der Waals surface area (Å²) in [4.78, 5) is 25.9. The predicted octanol–water partition coefficient (Wildman–Crippen LogP) is 3.46. The van der Waals surface area contributed by atoms with Gasteiger partial charge in [0.25, 0.3) is 0 Å². The van der Waals surface area contributed by atoms with E-state index in [1.165, 1.54) is 12.1 Å². The van der Waals surface area contributed by atoms with Crippen LogP contribution in [0.1, 0.15) is 24.2 Å². The van der Waals surface area contributed by atoms with Gasteiger partial charge in [-0.25, -0.2) is 9.37 Å². The average Bonchev–Trinajstić information content (AvgIpc) is 3.32. The lowest BCUT2D eigenvalue weighted by molar-refractivity contribution is -0.134. The van der Waals surface area contributed by atoms with Crippen LogP contribution in [0, 0.1) is 5.82 Å². The molecule has 1 amide bonds. The van der Waals surface area contributed by atoms with Crippen molar-refractivity contribution >= 4 is 11.9 Å². The van der Waals surface area contributed by atoms with E-state index in [-0.39, 0.29) is 24.2 Å². The van der Waals surface area contributed by atoms with Gasteiger partial charge in [-0.1, -0.05) is 12.1 Å². The number of anilines is 1. The molecule has 1 aliphatic rings. The topological polar surface area (TPSA) is 71.7 Å². The van der Waals surface area contributed by atoms with Gasteiger partial charge in [0, 0.05) is 31.4 Å². The third-order valence-electron chi connectivity index (χ3n) is 5.51. The fraction of sp³-hybridized carbons (Fsp3) is 0.348. The third-order valence-corrected chi connectivity index (χ3v) is 5.51. The Morgan fingerprint density at radius 2 is 2.00 bits per heavy atom. The van der Waals surface area contributed by atoms with Gasteiger partial charge in [0.2, 0.25) is 17.7 Å². The van der Waals surface area contributed by atoms with Crippen molar-refractivity contribution in [3.8, 4) is 5.88 Å². The molecular weight excluding hydrogens is 399 g/mol. The van der Waals surface area contributed by atoms with Gasteiger partial charge in [-0.05, 0) is 42.7 Å². The van der Waals surface area contributed by atoms with Crippen molar-refractivity contribution in [1.82, 2.24) is 14.9 Å². The second-order valence-corrected chi connectivity index (χ2v) is 7.52. The van der Waals surface area contributed by atoms with E-state index >= 15 is 0 Å². The molecule has 31 heavy (non-hydrogen) atoms. The number of nitrogens with zero attached hydrogens (tertiary/aromatic N) is 4. The van der Waals surface area contributed by atoms with E-state index < -0.39 is 0 Å². The van der Waals surface area contributed by atoms with Crippen LogP contribution in [0.15, 0.2) is 59.3 Å². The van der Waals surface area contributed by atoms with Gasteiger partial charge in [0.1, 0.15) is 11.6 Å². The summed E-state index contributed by atoms with van der Waals surface area (Å²) in [6.07, 6.45) is 5.09. The number of halogens is 1. The van der Waals surface area contributed by atoms with Crippen LogP contribution >= 0.6 is 0 Å². The summed E-state index contributed by atoms with van der Waals surface area (Å²) >= 11 is 0. The minimum atomic E-state index is -0.309. The Labute approximate surface area is 180 Å². The fourth-order valence-corrected chi connectivity index (χ4v) is 3.85. The highest BCUT2D eigenvalue weighted by molar-refractivity contribution is 5.79. The number of methoxy groups -OCH3 is 1. The normalized spacial score (nSPS) is 14.5. The molecule has 1 aromatic carbocycles. The first-order valence-electron chi connectivity index (χ1n) is 10.3. The molecule has 4 rings (SSSR count). The van der Waals surface area contributed by atoms with Crippen LogP contribution < -0.4 is 9.64 Å². The predicted molar refractivity (Wildman–Crippen MR) is 113 cm³/mol. The molecule has 2 aromatic heterocycles. The van der Waals surface area contributed by atoms with Crippen molar-refractivity contribution in [3.05, 3.63) is 72.1 Å². The number of benzene rings is 1. The van der Waals surface area contributed by atoms with Gasteiger partial charge in [0.05, 0.1) is 26.3 Å². The van der Waals surface area contributed by atoms with E-state index in [4.69, 9.17) is 9.15 Å². The summed E-state index contributed by atoms with van der Waals surface area (Å²) in [5, 5.41) is 0. The minimum absolute atomic E-state index is 0.000844. The van der Waals surface area contributed by atoms with E-state index in [1.54, 1.807) is 37.8 Å². The lowest BCUT2D eigenvalue weighted by atomic mass is 10.0. The van der Waals surface area contributed by atoms with E-state index in [0.29, 0.717) is 18.4 Å². The van der Waals surface area contributed by atoms with Crippen LogP contribution in [0.4, 0.5) is 10.3 Å². The molecule has 0 saturated carbocycles. The number of amides is 1. The van der Waals surface area contributed by atoms with Crippen molar-refractivity contribution in [2.24, 2.45) is 0 Å². The Kier molecular flexibility index (Phi) is 6.45. The number of carbonyl (C=O) groups is 1. The number of furan rings is 1. The summed E-state index contributed by atoms with van der Waals surface area (Å²) < 4.78 is 23.9. The Hall–Kier alpha value is -3.42. The highest BCUT2D eigenvalue weighted by atomic mass is 19.1. The lowest BCUT2D eigenvalue weighted by Gasteiger charge is -2.38. The zero-order valence-electron chi connectivity index (χ0n) is 17.4. The van der Waals surface area contributed by atoms with Gasteiger partial charge in [-0.3, -0.25) is 4.79 Å². The zero-order chi connectivity index (χ0) is 21.6. The van der Waals surface area contributed by atoms with Crippen molar-refractivity contribution < 1.29 is 18.3 Å². The molecule has 0 radical (unpaired) electrons. The zero-order valence-corrected chi connectivity index (χ0v) is 17.4. The van der Waals surface area contributed by atoms with Crippen LogP contribution in [-0.2, 0) is 17.8 Å². The Morgan fingerprint density at radius 1 is 1.23 bits per heavy atom. The molecular formula is C23H25FN4O3. The van der Waals surface area contributed by atoms with Crippen molar-refractivity contribution in [1.29, 1.82) is 0 Å². The molecule has 162 valence electrons. The van der Waals surface area contributed by atoms with Crippen molar-refractivity contribution in [3.63, 3.8) is 0 Å². The monoisotopic (exact) mass is 424 g/mol. The van der Waals surface area contributed by atoms with E-state index in [1.807, 2.05) is 17.0 Å². The van der Waals surface area contributed by atoms with Gasteiger partial charge >= 0.3 is 0 Å². The van der Waals surface area contributed by atoms with Crippen LogP contribution in [0.3, 0.4) is 0 Å². The Morgan fingerprint density at radius 3 is 2.68 bits per heavy atom. The lowest BCUT2D eigenvalue weighted by Crippen LogP contribution is -2.48. The van der Waals surface area contributed by atoms with Crippen LogP contribution in [0.2, 0.25) is 0 Å². The van der Waals surface area contributed by atoms with E-state index in [9.17, 15) is 9.18 Å². The minimum Gasteiger partial charge on any atom is -0.481 e. The summed E-state index contributed by atoms with van der Waals surface area (Å²) in [5.41, 5.74) is 0.790. The first-order valence-corrected chi connectivity index (χ1v) is 10.3. The summed E-state index contributed by atoms with van der Waals surface area (Å²) in [5.74, 6) is 1.59. The number of piperidine rings is 1. The number of aromatic nitrogens is 2. The maximum Gasteiger partial charge on any atom is 0.228 e. The molecule has 0 bridgehead atoms. The number of carbonyl (C=O) groups excluding carboxylic acids is 1. The second kappa shape index (κ2) is 9.59. The number of hydrogen-bond acceptors (Lipinski definition) is 6. The smallest absolute Gasteiger partial charge is 0.228 e. The standard InChI is InChI=1S/C23H25FN4O3/c1-30-21-8-11-25-23(26-21)27-12-9-19(10-13-27)28(16-20-3-2-14-31-20)22(29)15-17-4-6-18(24)7-5-17/h2-8,11,14,19H,9-10,12-13,15-16H2,1H3. The maximum atomic E-state index is 13.2. The molecule has 3 heterocycles. The molecule has 0 spiro atoms. The molecule has 1 fully saturated rings. The molecule has 0 N–H and O–H groups in total. The molecule has 1 saturated heterocycles. The van der Waals surface area contributed by atoms with Crippen LogP contribution in [0.25, 0.3) is 0 Å². The molecule has 3 aromatic rings. The molecule has 0 unspecified atom stereocenters. The number of rotatable bonds is 7. The van der Waals surface area contributed by atoms with Gasteiger partial charge in [0.15, 0.2) is 0 Å². The number of ether oxygens (including phenoxy) is 1. The summed E-state index contributed by atoms with van der Waals surface area (Å²) in [6, 6.07) is 11.5. The molecule has 1 aliphatic heterocycles. The van der Waals surface area contributed by atoms with Crippen molar-refractivity contribution in [2.75, 3.05) is 25.1 Å². The van der Waals surface area contributed by atoms with Gasteiger partial charge in [-0.15, -0.1) is 0 Å². The van der Waals surface area contributed by atoms with Crippen molar-refractivity contribution in [2.45, 2.75) is 31.8 Å².